The molecule has 1 saturated carbocycles. The van der Waals surface area contributed by atoms with Crippen LogP contribution >= 0.6 is 11.8 Å². The van der Waals surface area contributed by atoms with Gasteiger partial charge in [0.25, 0.3) is 5.91 Å². The quantitative estimate of drug-likeness (QED) is 0.631. The first-order valence-corrected chi connectivity index (χ1v) is 11.4. The number of halogens is 3. The number of amides is 1. The first-order valence-electron chi connectivity index (χ1n) is 10.5. The number of nitrogens with two attached hydrogens (primary N) is 1. The SMILES string of the molecule is C#CC1(c2cc(NC(=O)c3ccc(CC)cn3)ccc2F)N=C(N)SC(C)C12CC(F)(F)C2. The van der Waals surface area contributed by atoms with Gasteiger partial charge in [0.2, 0.25) is 5.92 Å². The van der Waals surface area contributed by atoms with Crippen LogP contribution in [0.4, 0.5) is 18.9 Å². The zero-order valence-electron chi connectivity index (χ0n) is 18.2. The molecule has 1 aliphatic heterocycles. The van der Waals surface area contributed by atoms with Crippen LogP contribution in [-0.2, 0) is 12.0 Å². The second-order valence-electron chi connectivity index (χ2n) is 8.48. The highest BCUT2D eigenvalue weighted by atomic mass is 32.2. The number of pyridine rings is 1. The number of thioether (sulfide) groups is 1. The molecular weight excluding hydrogens is 449 g/mol. The molecule has 2 atom stereocenters. The van der Waals surface area contributed by atoms with Gasteiger partial charge >= 0.3 is 0 Å². The largest absolute Gasteiger partial charge is 0.378 e. The molecule has 2 aliphatic rings. The number of amidine groups is 1. The Bertz CT molecular complexity index is 1170. The van der Waals surface area contributed by atoms with E-state index in [0.29, 0.717) is 0 Å². The molecule has 3 N–H and O–H groups in total. The van der Waals surface area contributed by atoms with E-state index in [4.69, 9.17) is 12.2 Å². The summed E-state index contributed by atoms with van der Waals surface area (Å²) in [5, 5.41) is 2.37. The minimum Gasteiger partial charge on any atom is -0.378 e. The standard InChI is InChI=1S/C24H23F3N4OS/c1-4-15-6-9-19(29-11-15)20(32)30-16-7-8-18(25)17(10-16)24(5-2)22(12-23(26,27)13-22)14(3)33-21(28)31-24/h2,6-11,14H,4,12-13H2,1,3H3,(H2,28,31)(H,30,32). The zero-order chi connectivity index (χ0) is 24.0. The van der Waals surface area contributed by atoms with Crippen LogP contribution in [0, 0.1) is 23.6 Å². The van der Waals surface area contributed by atoms with Gasteiger partial charge in [-0.25, -0.2) is 18.2 Å². The van der Waals surface area contributed by atoms with Crippen molar-refractivity contribution in [3.05, 3.63) is 59.2 Å². The molecule has 1 aliphatic carbocycles. The topological polar surface area (TPSA) is 80.4 Å². The molecule has 1 aromatic heterocycles. The van der Waals surface area contributed by atoms with Gasteiger partial charge in [-0.2, -0.15) is 0 Å². The predicted octanol–water partition coefficient (Wildman–Crippen LogP) is 4.73. The summed E-state index contributed by atoms with van der Waals surface area (Å²) in [7, 11) is 0. The highest BCUT2D eigenvalue weighted by Crippen LogP contribution is 2.67. The van der Waals surface area contributed by atoms with E-state index >= 15 is 4.39 Å². The first-order chi connectivity index (χ1) is 15.6. The van der Waals surface area contributed by atoms with Crippen molar-refractivity contribution in [1.29, 1.82) is 0 Å². The van der Waals surface area contributed by atoms with Crippen LogP contribution in [0.1, 0.15) is 48.3 Å². The van der Waals surface area contributed by atoms with Crippen molar-refractivity contribution < 1.29 is 18.0 Å². The Balaban J connectivity index is 1.74. The molecule has 33 heavy (non-hydrogen) atoms. The van der Waals surface area contributed by atoms with Crippen molar-refractivity contribution in [2.45, 2.75) is 49.8 Å². The third-order valence-corrected chi connectivity index (χ3v) is 7.65. The lowest BCUT2D eigenvalue weighted by Crippen LogP contribution is -2.64. The van der Waals surface area contributed by atoms with E-state index in [9.17, 15) is 13.6 Å². The number of anilines is 1. The number of hydrogen-bond acceptors (Lipinski definition) is 5. The molecule has 9 heteroatoms. The van der Waals surface area contributed by atoms with Crippen LogP contribution < -0.4 is 11.1 Å². The lowest BCUT2D eigenvalue weighted by molar-refractivity contribution is -0.181. The van der Waals surface area contributed by atoms with Crippen LogP contribution in [0.3, 0.4) is 0 Å². The fourth-order valence-corrected chi connectivity index (χ4v) is 5.85. The van der Waals surface area contributed by atoms with Gasteiger partial charge in [-0.05, 0) is 36.2 Å². The number of alkyl halides is 2. The number of carbonyl (C=O) groups is 1. The number of terminal acetylenes is 1. The number of hydrogen-bond donors (Lipinski definition) is 2. The van der Waals surface area contributed by atoms with E-state index in [1.807, 2.05) is 6.92 Å². The van der Waals surface area contributed by atoms with Crippen LogP contribution in [0.2, 0.25) is 0 Å². The summed E-state index contributed by atoms with van der Waals surface area (Å²) < 4.78 is 43.4. The summed E-state index contributed by atoms with van der Waals surface area (Å²) in [6, 6.07) is 7.26. The molecule has 5 nitrogen and oxygen atoms in total. The first kappa shape index (κ1) is 23.2. The van der Waals surface area contributed by atoms with Crippen LogP contribution in [0.15, 0.2) is 41.5 Å². The van der Waals surface area contributed by atoms with Crippen molar-refractivity contribution in [2.75, 3.05) is 5.32 Å². The number of aryl methyl sites for hydroxylation is 1. The minimum absolute atomic E-state index is 0.0670. The number of benzene rings is 1. The maximum absolute atomic E-state index is 15.2. The maximum atomic E-state index is 15.2. The molecule has 1 aromatic carbocycles. The van der Waals surface area contributed by atoms with Crippen molar-refractivity contribution >= 4 is 28.5 Å². The summed E-state index contributed by atoms with van der Waals surface area (Å²) in [5.74, 6) is -1.61. The Morgan fingerprint density at radius 3 is 2.64 bits per heavy atom. The lowest BCUT2D eigenvalue weighted by atomic mass is 9.52. The number of aromatic nitrogens is 1. The molecule has 172 valence electrons. The van der Waals surface area contributed by atoms with Gasteiger partial charge in [-0.1, -0.05) is 37.6 Å². The van der Waals surface area contributed by atoms with Gasteiger partial charge in [0.15, 0.2) is 10.7 Å². The van der Waals surface area contributed by atoms with Gasteiger partial charge < -0.3 is 11.1 Å². The second kappa shape index (κ2) is 8.10. The van der Waals surface area contributed by atoms with Crippen LogP contribution in [0.5, 0.6) is 0 Å². The lowest BCUT2D eigenvalue weighted by Gasteiger charge is -2.59. The molecule has 4 rings (SSSR count). The molecule has 0 saturated heterocycles. The fourth-order valence-electron chi connectivity index (χ4n) is 4.73. The smallest absolute Gasteiger partial charge is 0.274 e. The number of aliphatic imine (C=N–C) groups is 1. The maximum Gasteiger partial charge on any atom is 0.274 e. The Labute approximate surface area is 194 Å². The van der Waals surface area contributed by atoms with Crippen LogP contribution in [0.25, 0.3) is 0 Å². The molecule has 0 bridgehead atoms. The van der Waals surface area contributed by atoms with Crippen molar-refractivity contribution in [1.82, 2.24) is 4.98 Å². The Morgan fingerprint density at radius 1 is 1.33 bits per heavy atom. The molecule has 1 spiro atoms. The highest BCUT2D eigenvalue weighted by Gasteiger charge is 2.70. The molecule has 1 fully saturated rings. The van der Waals surface area contributed by atoms with Crippen molar-refractivity contribution in [2.24, 2.45) is 16.1 Å². The predicted molar refractivity (Wildman–Crippen MR) is 124 cm³/mol. The molecule has 2 heterocycles. The molecular formula is C24H23F3N4OS. The third-order valence-electron chi connectivity index (χ3n) is 6.51. The van der Waals surface area contributed by atoms with Crippen LogP contribution in [-0.4, -0.2) is 27.2 Å². The van der Waals surface area contributed by atoms with E-state index < -0.39 is 46.7 Å². The number of carbonyl (C=O) groups excluding carboxylic acids is 1. The molecule has 1 amide bonds. The van der Waals surface area contributed by atoms with Gasteiger partial charge in [-0.15, -0.1) is 6.42 Å². The number of rotatable bonds is 4. The fraction of sp³-hybridized carbons (Fsp3) is 0.375. The van der Waals surface area contributed by atoms with E-state index in [-0.39, 0.29) is 22.1 Å². The Morgan fingerprint density at radius 2 is 2.06 bits per heavy atom. The molecule has 2 unspecified atom stereocenters. The number of nitrogens with one attached hydrogen (secondary N) is 1. The Hall–Kier alpha value is -2.99. The van der Waals surface area contributed by atoms with Gasteiger partial charge in [0.05, 0.1) is 0 Å². The van der Waals surface area contributed by atoms with Crippen molar-refractivity contribution in [3.8, 4) is 12.3 Å². The number of nitrogens with zero attached hydrogens (tertiary/aromatic N) is 2. The summed E-state index contributed by atoms with van der Waals surface area (Å²) in [6.07, 6.45) is 7.21. The summed E-state index contributed by atoms with van der Waals surface area (Å²) in [4.78, 5) is 21.2. The zero-order valence-corrected chi connectivity index (χ0v) is 19.0. The van der Waals surface area contributed by atoms with Gasteiger partial charge in [0.1, 0.15) is 11.5 Å². The normalized spacial score (nSPS) is 25.0. The monoisotopic (exact) mass is 472 g/mol. The molecule has 0 radical (unpaired) electrons. The Kier molecular flexibility index (Phi) is 5.69. The average Bonchev–Trinajstić information content (AvgIpc) is 2.76. The van der Waals surface area contributed by atoms with E-state index in [0.717, 1.165) is 29.8 Å². The molecule has 2 aromatic rings. The van der Waals surface area contributed by atoms with E-state index in [2.05, 4.69) is 21.2 Å². The third kappa shape index (κ3) is 3.76. The highest BCUT2D eigenvalue weighted by molar-refractivity contribution is 8.14. The van der Waals surface area contributed by atoms with Gasteiger partial charge in [0, 0.05) is 41.0 Å². The average molecular weight is 473 g/mol. The summed E-state index contributed by atoms with van der Waals surface area (Å²) in [6.45, 7) is 3.73. The second-order valence-corrected chi connectivity index (χ2v) is 9.85. The van der Waals surface area contributed by atoms with Crippen molar-refractivity contribution in [3.63, 3.8) is 0 Å². The van der Waals surface area contributed by atoms with Gasteiger partial charge in [-0.3, -0.25) is 9.78 Å². The van der Waals surface area contributed by atoms with E-state index in [1.165, 1.54) is 12.1 Å². The van der Waals surface area contributed by atoms with E-state index in [1.54, 1.807) is 25.3 Å². The summed E-state index contributed by atoms with van der Waals surface area (Å²) >= 11 is 1.16. The minimum atomic E-state index is -2.92. The summed E-state index contributed by atoms with van der Waals surface area (Å²) in [5.41, 5.74) is 4.41.